The highest BCUT2D eigenvalue weighted by Crippen LogP contribution is 2.23. The number of ether oxygens (including phenoxy) is 1. The van der Waals surface area contributed by atoms with Crippen molar-refractivity contribution in [2.75, 3.05) is 13.7 Å². The summed E-state index contributed by atoms with van der Waals surface area (Å²) in [6.07, 6.45) is -0.0772. The summed E-state index contributed by atoms with van der Waals surface area (Å²) in [4.78, 5) is 0. The lowest BCUT2D eigenvalue weighted by Gasteiger charge is -2.24. The minimum Gasteiger partial charge on any atom is -0.384 e. The summed E-state index contributed by atoms with van der Waals surface area (Å²) in [6, 6.07) is 0. The average molecular weight is 190 g/mol. The normalized spacial score (nSPS) is 16.6. The van der Waals surface area contributed by atoms with Gasteiger partial charge in [0, 0.05) is 13.0 Å². The van der Waals surface area contributed by atoms with Crippen LogP contribution in [0.4, 0.5) is 4.39 Å². The van der Waals surface area contributed by atoms with Crippen LogP contribution in [0.3, 0.4) is 0 Å². The lowest BCUT2D eigenvalue weighted by atomic mass is 9.88. The second kappa shape index (κ2) is 6.36. The Bertz CT molecular complexity index is 123. The van der Waals surface area contributed by atoms with Crippen molar-refractivity contribution in [3.05, 3.63) is 0 Å². The Balaban J connectivity index is 4.02. The maximum Gasteiger partial charge on any atom is 0.106 e. The zero-order valence-corrected chi connectivity index (χ0v) is 9.51. The predicted molar refractivity (Wildman–Crippen MR) is 54.6 cm³/mol. The van der Waals surface area contributed by atoms with Crippen molar-refractivity contribution >= 4 is 0 Å². The number of halogens is 1. The summed E-state index contributed by atoms with van der Waals surface area (Å²) < 4.78 is 18.7. The second-order valence-electron chi connectivity index (χ2n) is 4.51. The van der Waals surface area contributed by atoms with Crippen molar-refractivity contribution in [2.45, 2.75) is 40.3 Å². The predicted octanol–water partition coefficient (Wildman–Crippen LogP) is 3.29. The Morgan fingerprint density at radius 3 is 2.00 bits per heavy atom. The molecule has 1 unspecified atom stereocenters. The fourth-order valence-corrected chi connectivity index (χ4v) is 1.53. The Morgan fingerprint density at radius 2 is 1.69 bits per heavy atom. The molecule has 0 aliphatic rings. The summed E-state index contributed by atoms with van der Waals surface area (Å²) in [6.45, 7) is 8.74. The molecule has 0 aliphatic heterocycles. The number of alkyl halides is 1. The van der Waals surface area contributed by atoms with Crippen molar-refractivity contribution in [1.82, 2.24) is 0 Å². The molecule has 0 rings (SSSR count). The van der Waals surface area contributed by atoms with Gasteiger partial charge in [-0.15, -0.1) is 0 Å². The molecule has 0 heterocycles. The van der Waals surface area contributed by atoms with E-state index in [4.69, 9.17) is 4.74 Å². The van der Waals surface area contributed by atoms with E-state index in [1.807, 2.05) is 0 Å². The highest BCUT2D eigenvalue weighted by atomic mass is 19.1. The van der Waals surface area contributed by atoms with Crippen molar-refractivity contribution in [1.29, 1.82) is 0 Å². The zero-order chi connectivity index (χ0) is 10.4. The first-order valence-electron chi connectivity index (χ1n) is 5.12. The fraction of sp³-hybridized carbons (Fsp3) is 1.00. The number of methoxy groups -OCH3 is 1. The molecule has 80 valence electrons. The summed E-state index contributed by atoms with van der Waals surface area (Å²) in [5, 5.41) is 0. The van der Waals surface area contributed by atoms with Crippen LogP contribution in [0.25, 0.3) is 0 Å². The fourth-order valence-electron chi connectivity index (χ4n) is 1.53. The molecule has 2 heteroatoms. The Hall–Kier alpha value is -0.110. The molecule has 0 saturated heterocycles. The number of hydrogen-bond acceptors (Lipinski definition) is 1. The quantitative estimate of drug-likeness (QED) is 0.624. The molecule has 0 radical (unpaired) electrons. The molecule has 0 aromatic carbocycles. The van der Waals surface area contributed by atoms with Crippen molar-refractivity contribution in [3.8, 4) is 0 Å². The lowest BCUT2D eigenvalue weighted by molar-refractivity contribution is 0.0626. The van der Waals surface area contributed by atoms with Crippen LogP contribution in [0, 0.1) is 17.8 Å². The van der Waals surface area contributed by atoms with Gasteiger partial charge in [-0.1, -0.05) is 27.7 Å². The van der Waals surface area contributed by atoms with Crippen LogP contribution in [0.15, 0.2) is 0 Å². The largest absolute Gasteiger partial charge is 0.384 e. The molecule has 0 aliphatic carbocycles. The van der Waals surface area contributed by atoms with Crippen molar-refractivity contribution < 1.29 is 9.13 Å². The van der Waals surface area contributed by atoms with E-state index in [1.54, 1.807) is 7.11 Å². The molecule has 0 amide bonds. The molecule has 0 N–H and O–H groups in total. The molecule has 0 aromatic heterocycles. The van der Waals surface area contributed by atoms with Gasteiger partial charge in [-0.2, -0.15) is 0 Å². The van der Waals surface area contributed by atoms with Crippen LogP contribution < -0.4 is 0 Å². The van der Waals surface area contributed by atoms with Gasteiger partial charge in [0.05, 0.1) is 6.61 Å². The molecular formula is C11H23FO. The average Bonchev–Trinajstić information content (AvgIpc) is 1.97. The molecule has 0 bridgehead atoms. The first kappa shape index (κ1) is 12.9. The van der Waals surface area contributed by atoms with Crippen LogP contribution in [-0.4, -0.2) is 19.9 Å². The molecule has 0 fully saturated rings. The Kier molecular flexibility index (Phi) is 6.31. The third kappa shape index (κ3) is 5.25. The van der Waals surface area contributed by atoms with Gasteiger partial charge in [0.1, 0.15) is 6.17 Å². The van der Waals surface area contributed by atoms with E-state index in [1.165, 1.54) is 0 Å². The summed E-state index contributed by atoms with van der Waals surface area (Å²) in [7, 11) is 1.64. The van der Waals surface area contributed by atoms with Gasteiger partial charge in [0.2, 0.25) is 0 Å². The minimum atomic E-state index is -0.722. The van der Waals surface area contributed by atoms with Crippen molar-refractivity contribution in [3.63, 3.8) is 0 Å². The third-order valence-electron chi connectivity index (χ3n) is 2.38. The molecule has 1 nitrogen and oxygen atoms in total. The molecule has 2 atom stereocenters. The van der Waals surface area contributed by atoms with E-state index < -0.39 is 6.17 Å². The van der Waals surface area contributed by atoms with E-state index in [0.29, 0.717) is 24.9 Å². The van der Waals surface area contributed by atoms with Gasteiger partial charge in [0.25, 0.3) is 0 Å². The number of rotatable bonds is 6. The summed E-state index contributed by atoms with van der Waals surface area (Å²) in [5.41, 5.74) is 0. The van der Waals surface area contributed by atoms with Crippen LogP contribution in [0.1, 0.15) is 34.1 Å². The van der Waals surface area contributed by atoms with Gasteiger partial charge in [-0.05, 0) is 18.3 Å². The zero-order valence-electron chi connectivity index (χ0n) is 9.51. The Morgan fingerprint density at radius 1 is 1.15 bits per heavy atom. The monoisotopic (exact) mass is 190 g/mol. The summed E-state index contributed by atoms with van der Waals surface area (Å²) >= 11 is 0. The van der Waals surface area contributed by atoms with Crippen LogP contribution in [0.5, 0.6) is 0 Å². The SMILES string of the molecule is COCC(C(C)C)[C@@H](F)CC(C)C. The van der Waals surface area contributed by atoms with Crippen molar-refractivity contribution in [2.24, 2.45) is 17.8 Å². The molecule has 0 aromatic rings. The van der Waals surface area contributed by atoms with Crippen LogP contribution in [0.2, 0.25) is 0 Å². The second-order valence-corrected chi connectivity index (χ2v) is 4.51. The van der Waals surface area contributed by atoms with Gasteiger partial charge in [-0.3, -0.25) is 0 Å². The van der Waals surface area contributed by atoms with Gasteiger partial charge in [-0.25, -0.2) is 4.39 Å². The Labute approximate surface area is 81.7 Å². The number of hydrogen-bond donors (Lipinski definition) is 0. The maximum absolute atomic E-state index is 13.7. The van der Waals surface area contributed by atoms with Gasteiger partial charge in [0.15, 0.2) is 0 Å². The molecule has 13 heavy (non-hydrogen) atoms. The highest BCUT2D eigenvalue weighted by molar-refractivity contribution is 4.73. The van der Waals surface area contributed by atoms with Gasteiger partial charge >= 0.3 is 0 Å². The van der Waals surface area contributed by atoms with E-state index in [0.717, 1.165) is 0 Å². The maximum atomic E-state index is 13.7. The smallest absolute Gasteiger partial charge is 0.106 e. The summed E-state index contributed by atoms with van der Waals surface area (Å²) in [5.74, 6) is 0.828. The lowest BCUT2D eigenvalue weighted by Crippen LogP contribution is -2.27. The van der Waals surface area contributed by atoms with Crippen LogP contribution >= 0.6 is 0 Å². The third-order valence-corrected chi connectivity index (χ3v) is 2.38. The first-order chi connectivity index (χ1) is 5.99. The molecule has 0 saturated carbocycles. The molecule has 0 spiro atoms. The van der Waals surface area contributed by atoms with E-state index in [9.17, 15) is 4.39 Å². The standard InChI is InChI=1S/C11H23FO/c1-8(2)6-11(12)10(7-13-5)9(3)4/h8-11H,6-7H2,1-5H3/t10?,11-/m0/s1. The minimum absolute atomic E-state index is 0.0485. The molecular weight excluding hydrogens is 167 g/mol. The van der Waals surface area contributed by atoms with E-state index in [2.05, 4.69) is 27.7 Å². The van der Waals surface area contributed by atoms with E-state index >= 15 is 0 Å². The van der Waals surface area contributed by atoms with Crippen LogP contribution in [-0.2, 0) is 4.74 Å². The van der Waals surface area contributed by atoms with E-state index in [-0.39, 0.29) is 5.92 Å². The first-order valence-corrected chi connectivity index (χ1v) is 5.12. The van der Waals surface area contributed by atoms with Gasteiger partial charge < -0.3 is 4.74 Å². The highest BCUT2D eigenvalue weighted by Gasteiger charge is 2.24. The topological polar surface area (TPSA) is 9.23 Å².